The molecule has 1 saturated heterocycles. The number of hydrogen-bond donors (Lipinski definition) is 0. The van der Waals surface area contributed by atoms with Gasteiger partial charge in [0.2, 0.25) is 0 Å². The number of amides is 2. The summed E-state index contributed by atoms with van der Waals surface area (Å²) in [5.74, 6) is 1.50. The Labute approximate surface area is 249 Å². The fourth-order valence-corrected chi connectivity index (χ4v) is 5.28. The molecule has 1 fully saturated rings. The van der Waals surface area contributed by atoms with Crippen LogP contribution in [-0.2, 0) is 16.8 Å². The first-order chi connectivity index (χ1) is 19.0. The molecule has 4 rings (SSSR count). The molecule has 6 nitrogen and oxygen atoms in total. The molecule has 1 aliphatic heterocycles. The minimum Gasteiger partial charge on any atom is -0.490 e. The van der Waals surface area contributed by atoms with Crippen molar-refractivity contribution in [3.05, 3.63) is 92.3 Å². The zero-order valence-electron chi connectivity index (χ0n) is 22.8. The van der Waals surface area contributed by atoms with Crippen LogP contribution in [0.25, 0.3) is 6.08 Å². The Morgan fingerprint density at radius 2 is 1.60 bits per heavy atom. The van der Waals surface area contributed by atoms with Crippen molar-refractivity contribution in [2.24, 2.45) is 0 Å². The Morgan fingerprint density at radius 3 is 2.27 bits per heavy atom. The van der Waals surface area contributed by atoms with E-state index >= 15 is 0 Å². The van der Waals surface area contributed by atoms with E-state index in [1.165, 1.54) is 10.5 Å². The van der Waals surface area contributed by atoms with Gasteiger partial charge >= 0.3 is 0 Å². The minimum atomic E-state index is -0.382. The molecule has 0 N–H and O–H groups in total. The molecule has 3 aromatic carbocycles. The van der Waals surface area contributed by atoms with Gasteiger partial charge in [-0.25, -0.2) is 0 Å². The van der Waals surface area contributed by atoms with Gasteiger partial charge in [-0.2, -0.15) is 0 Å². The fraction of sp³-hybridized carbons (Fsp3) is 0.290. The minimum absolute atomic E-state index is 0.0672. The number of imide groups is 1. The third-order valence-electron chi connectivity index (χ3n) is 6.11. The van der Waals surface area contributed by atoms with Gasteiger partial charge in [-0.3, -0.25) is 14.5 Å². The van der Waals surface area contributed by atoms with E-state index in [4.69, 9.17) is 37.4 Å². The van der Waals surface area contributed by atoms with Crippen LogP contribution < -0.4 is 14.2 Å². The van der Waals surface area contributed by atoms with Gasteiger partial charge in [-0.15, -0.1) is 0 Å². The summed E-state index contributed by atoms with van der Waals surface area (Å²) in [4.78, 5) is 27.1. The summed E-state index contributed by atoms with van der Waals surface area (Å²) in [6, 6.07) is 18.4. The largest absolute Gasteiger partial charge is 0.490 e. The molecule has 1 aliphatic rings. The lowest BCUT2D eigenvalue weighted by molar-refractivity contribution is -0.123. The third kappa shape index (κ3) is 7.53. The molecule has 0 unspecified atom stereocenters. The average Bonchev–Trinajstić information content (AvgIpc) is 3.16. The van der Waals surface area contributed by atoms with E-state index in [-0.39, 0.29) is 23.1 Å². The Bertz CT molecular complexity index is 1420. The standard InChI is InChI=1S/C31H31Cl2NO5S/c1-5-37-27-16-20(6-13-26(27)39-15-14-38-24-11-8-22(9-12-24)31(2,3)4)17-28-29(35)34(30(36)40-28)19-21-7-10-23(32)18-25(21)33/h6-13,16-18H,5,14-15,19H2,1-4H3/b28-17-. The van der Waals surface area contributed by atoms with Crippen molar-refractivity contribution >= 4 is 52.2 Å². The molecule has 0 spiro atoms. The van der Waals surface area contributed by atoms with Crippen LogP contribution >= 0.6 is 35.0 Å². The Kier molecular flexibility index (Phi) is 9.72. The molecule has 0 saturated carbocycles. The van der Waals surface area contributed by atoms with E-state index in [0.717, 1.165) is 17.5 Å². The summed E-state index contributed by atoms with van der Waals surface area (Å²) in [7, 11) is 0. The van der Waals surface area contributed by atoms with Crippen LogP contribution in [0.15, 0.2) is 65.6 Å². The molecular formula is C31H31Cl2NO5S. The summed E-state index contributed by atoms with van der Waals surface area (Å²) in [5.41, 5.74) is 2.68. The number of carbonyl (C=O) groups is 2. The number of thioether (sulfide) groups is 1. The molecule has 2 amide bonds. The van der Waals surface area contributed by atoms with Crippen molar-refractivity contribution in [1.82, 2.24) is 4.90 Å². The second-order valence-electron chi connectivity index (χ2n) is 10.1. The molecule has 0 bridgehead atoms. The van der Waals surface area contributed by atoms with Crippen molar-refractivity contribution in [3.8, 4) is 17.2 Å². The zero-order valence-corrected chi connectivity index (χ0v) is 25.2. The molecule has 1 heterocycles. The predicted octanol–water partition coefficient (Wildman–Crippen LogP) is 8.38. The molecule has 0 aromatic heterocycles. The van der Waals surface area contributed by atoms with Crippen molar-refractivity contribution in [2.75, 3.05) is 19.8 Å². The number of carbonyl (C=O) groups excluding carboxylic acids is 2. The van der Waals surface area contributed by atoms with Gasteiger partial charge in [0.05, 0.1) is 18.1 Å². The van der Waals surface area contributed by atoms with E-state index in [2.05, 4.69) is 32.9 Å². The van der Waals surface area contributed by atoms with Gasteiger partial charge in [0.15, 0.2) is 11.5 Å². The van der Waals surface area contributed by atoms with Gasteiger partial charge in [-0.1, -0.05) is 68.2 Å². The Morgan fingerprint density at radius 1 is 0.875 bits per heavy atom. The second kappa shape index (κ2) is 13.0. The molecule has 40 heavy (non-hydrogen) atoms. The number of nitrogens with zero attached hydrogens (tertiary/aromatic N) is 1. The first-order valence-corrected chi connectivity index (χ1v) is 14.4. The monoisotopic (exact) mass is 599 g/mol. The average molecular weight is 601 g/mol. The fourth-order valence-electron chi connectivity index (χ4n) is 3.97. The van der Waals surface area contributed by atoms with E-state index in [0.29, 0.717) is 57.4 Å². The zero-order chi connectivity index (χ0) is 28.9. The molecule has 3 aromatic rings. The topological polar surface area (TPSA) is 65.1 Å². The van der Waals surface area contributed by atoms with Crippen molar-refractivity contribution in [3.63, 3.8) is 0 Å². The first kappa shape index (κ1) is 29.8. The maximum absolute atomic E-state index is 13.0. The highest BCUT2D eigenvalue weighted by molar-refractivity contribution is 8.18. The van der Waals surface area contributed by atoms with Crippen LogP contribution in [-0.4, -0.2) is 35.9 Å². The maximum Gasteiger partial charge on any atom is 0.293 e. The number of rotatable bonds is 10. The van der Waals surface area contributed by atoms with E-state index < -0.39 is 0 Å². The van der Waals surface area contributed by atoms with Crippen molar-refractivity contribution in [2.45, 2.75) is 39.7 Å². The lowest BCUT2D eigenvalue weighted by atomic mass is 9.87. The van der Waals surface area contributed by atoms with Crippen LogP contribution in [0.2, 0.25) is 10.0 Å². The summed E-state index contributed by atoms with van der Waals surface area (Å²) < 4.78 is 17.5. The molecular weight excluding hydrogens is 569 g/mol. The molecule has 0 atom stereocenters. The smallest absolute Gasteiger partial charge is 0.293 e. The number of hydrogen-bond acceptors (Lipinski definition) is 6. The van der Waals surface area contributed by atoms with Crippen LogP contribution in [0.3, 0.4) is 0 Å². The summed E-state index contributed by atoms with van der Waals surface area (Å²) >= 11 is 13.1. The quantitative estimate of drug-likeness (QED) is 0.172. The van der Waals surface area contributed by atoms with E-state index in [1.54, 1.807) is 36.4 Å². The summed E-state index contributed by atoms with van der Waals surface area (Å²) in [5, 5.41) is 0.523. The molecule has 0 aliphatic carbocycles. The maximum atomic E-state index is 13.0. The van der Waals surface area contributed by atoms with E-state index in [1.807, 2.05) is 25.1 Å². The Balaban J connectivity index is 1.39. The lowest BCUT2D eigenvalue weighted by Gasteiger charge is -2.19. The molecule has 0 radical (unpaired) electrons. The normalized spacial score (nSPS) is 14.7. The van der Waals surface area contributed by atoms with E-state index in [9.17, 15) is 9.59 Å². The van der Waals surface area contributed by atoms with Crippen molar-refractivity contribution in [1.29, 1.82) is 0 Å². The molecule has 210 valence electrons. The SMILES string of the molecule is CCOc1cc(/C=C2\SC(=O)N(Cc3ccc(Cl)cc3Cl)C2=O)ccc1OCCOc1ccc(C(C)(C)C)cc1. The van der Waals surface area contributed by atoms with Crippen LogP contribution in [0.4, 0.5) is 4.79 Å². The summed E-state index contributed by atoms with van der Waals surface area (Å²) in [6.07, 6.45) is 1.67. The number of halogens is 2. The number of benzene rings is 3. The highest BCUT2D eigenvalue weighted by atomic mass is 35.5. The Hall–Kier alpha value is -3.13. The van der Waals surface area contributed by atoms with Gasteiger partial charge in [0.1, 0.15) is 19.0 Å². The van der Waals surface area contributed by atoms with Crippen LogP contribution in [0.1, 0.15) is 44.4 Å². The lowest BCUT2D eigenvalue weighted by Crippen LogP contribution is -2.27. The first-order valence-electron chi connectivity index (χ1n) is 12.9. The van der Waals surface area contributed by atoms with Gasteiger partial charge < -0.3 is 14.2 Å². The van der Waals surface area contributed by atoms with Crippen LogP contribution in [0.5, 0.6) is 17.2 Å². The van der Waals surface area contributed by atoms with Crippen LogP contribution in [0, 0.1) is 0 Å². The van der Waals surface area contributed by atoms with Gasteiger partial charge in [0, 0.05) is 10.0 Å². The van der Waals surface area contributed by atoms with Gasteiger partial charge in [-0.05, 0) is 83.3 Å². The number of ether oxygens (including phenoxy) is 3. The third-order valence-corrected chi connectivity index (χ3v) is 7.61. The highest BCUT2D eigenvalue weighted by Crippen LogP contribution is 2.36. The van der Waals surface area contributed by atoms with Gasteiger partial charge in [0.25, 0.3) is 11.1 Å². The highest BCUT2D eigenvalue weighted by Gasteiger charge is 2.35. The predicted molar refractivity (Wildman–Crippen MR) is 162 cm³/mol. The molecule has 9 heteroatoms. The van der Waals surface area contributed by atoms with Crippen molar-refractivity contribution < 1.29 is 23.8 Å². The summed E-state index contributed by atoms with van der Waals surface area (Å²) in [6.45, 7) is 9.60. The second-order valence-corrected chi connectivity index (χ2v) is 12.0.